The molecule has 3 rings (SSSR count). The normalized spacial score (nSPS) is 30.7. The van der Waals surface area contributed by atoms with E-state index < -0.39 is 0 Å². The van der Waals surface area contributed by atoms with Gasteiger partial charge < -0.3 is 11.1 Å². The van der Waals surface area contributed by atoms with Gasteiger partial charge in [-0.2, -0.15) is 0 Å². The minimum absolute atomic E-state index is 0.000905. The summed E-state index contributed by atoms with van der Waals surface area (Å²) < 4.78 is 0. The number of fused-ring (bicyclic) bond motifs is 1. The van der Waals surface area contributed by atoms with Gasteiger partial charge in [0.15, 0.2) is 0 Å². The molecule has 0 saturated heterocycles. The summed E-state index contributed by atoms with van der Waals surface area (Å²) in [6.45, 7) is 1.95. The van der Waals surface area contributed by atoms with Gasteiger partial charge in [-0.25, -0.2) is 0 Å². The standard InChI is InChI=1S/C15H20N2O/c1-9(16)10-3-2-4-14(8-10)17-15(18)13-6-11-5-12(11)7-13/h2-4,8-9,11-13H,5-7,16H2,1H3,(H,17,18). The summed E-state index contributed by atoms with van der Waals surface area (Å²) in [7, 11) is 0. The lowest BCUT2D eigenvalue weighted by atomic mass is 10.0. The first-order chi connectivity index (χ1) is 8.63. The van der Waals surface area contributed by atoms with Crippen LogP contribution in [0.5, 0.6) is 0 Å². The predicted octanol–water partition coefficient (Wildman–Crippen LogP) is 2.69. The lowest BCUT2D eigenvalue weighted by Gasteiger charge is -2.13. The highest BCUT2D eigenvalue weighted by atomic mass is 16.1. The van der Waals surface area contributed by atoms with Crippen molar-refractivity contribution >= 4 is 11.6 Å². The summed E-state index contributed by atoms with van der Waals surface area (Å²) in [4.78, 5) is 12.1. The molecule has 2 aliphatic rings. The second kappa shape index (κ2) is 4.39. The van der Waals surface area contributed by atoms with Crippen molar-refractivity contribution in [1.82, 2.24) is 0 Å². The third-order valence-corrected chi connectivity index (χ3v) is 4.29. The summed E-state index contributed by atoms with van der Waals surface area (Å²) in [6, 6.07) is 7.84. The van der Waals surface area contributed by atoms with Crippen molar-refractivity contribution in [3.8, 4) is 0 Å². The molecule has 3 N–H and O–H groups in total. The van der Waals surface area contributed by atoms with Crippen LogP contribution in [0.1, 0.15) is 37.8 Å². The van der Waals surface area contributed by atoms with Crippen molar-refractivity contribution in [2.24, 2.45) is 23.5 Å². The number of nitrogens with one attached hydrogen (secondary N) is 1. The van der Waals surface area contributed by atoms with Gasteiger partial charge in [-0.1, -0.05) is 12.1 Å². The Kier molecular flexibility index (Phi) is 2.86. The molecule has 0 spiro atoms. The van der Waals surface area contributed by atoms with Crippen LogP contribution in [-0.4, -0.2) is 5.91 Å². The lowest BCUT2D eigenvalue weighted by Crippen LogP contribution is -2.21. The highest BCUT2D eigenvalue weighted by molar-refractivity contribution is 5.92. The monoisotopic (exact) mass is 244 g/mol. The molecule has 0 bridgehead atoms. The molecule has 2 aliphatic carbocycles. The number of anilines is 1. The van der Waals surface area contributed by atoms with E-state index in [2.05, 4.69) is 5.32 Å². The van der Waals surface area contributed by atoms with Crippen LogP contribution in [0, 0.1) is 17.8 Å². The number of hydrogen-bond acceptors (Lipinski definition) is 2. The molecule has 0 heterocycles. The average Bonchev–Trinajstić information content (AvgIpc) is 2.96. The summed E-state index contributed by atoms with van der Waals surface area (Å²) in [6.07, 6.45) is 3.52. The Labute approximate surface area is 108 Å². The van der Waals surface area contributed by atoms with E-state index in [4.69, 9.17) is 5.73 Å². The van der Waals surface area contributed by atoms with E-state index in [1.165, 1.54) is 6.42 Å². The molecule has 96 valence electrons. The maximum absolute atomic E-state index is 12.1. The molecule has 2 fully saturated rings. The minimum Gasteiger partial charge on any atom is -0.326 e. The molecule has 2 saturated carbocycles. The van der Waals surface area contributed by atoms with Crippen molar-refractivity contribution in [3.63, 3.8) is 0 Å². The third-order valence-electron chi connectivity index (χ3n) is 4.29. The number of nitrogens with two attached hydrogens (primary N) is 1. The fourth-order valence-electron chi connectivity index (χ4n) is 3.07. The van der Waals surface area contributed by atoms with E-state index in [9.17, 15) is 4.79 Å². The largest absolute Gasteiger partial charge is 0.326 e. The molecule has 3 atom stereocenters. The van der Waals surface area contributed by atoms with E-state index >= 15 is 0 Å². The van der Waals surface area contributed by atoms with Crippen molar-refractivity contribution in [3.05, 3.63) is 29.8 Å². The SMILES string of the molecule is CC(N)c1cccc(NC(=O)C2CC3CC3C2)c1. The number of carbonyl (C=O) groups is 1. The second-order valence-corrected chi connectivity index (χ2v) is 5.83. The van der Waals surface area contributed by atoms with E-state index in [-0.39, 0.29) is 17.9 Å². The van der Waals surface area contributed by atoms with Crippen LogP contribution in [0.3, 0.4) is 0 Å². The predicted molar refractivity (Wildman–Crippen MR) is 72.0 cm³/mol. The van der Waals surface area contributed by atoms with E-state index in [0.29, 0.717) is 0 Å². The summed E-state index contributed by atoms with van der Waals surface area (Å²) in [5.41, 5.74) is 7.78. The maximum atomic E-state index is 12.1. The Hall–Kier alpha value is -1.35. The zero-order valence-corrected chi connectivity index (χ0v) is 10.7. The molecule has 18 heavy (non-hydrogen) atoms. The Morgan fingerprint density at radius 2 is 2.06 bits per heavy atom. The van der Waals surface area contributed by atoms with Gasteiger partial charge in [-0.05, 0) is 55.7 Å². The number of benzene rings is 1. The minimum atomic E-state index is 0.000905. The number of rotatable bonds is 3. The van der Waals surface area contributed by atoms with E-state index in [0.717, 1.165) is 35.9 Å². The maximum Gasteiger partial charge on any atom is 0.227 e. The first kappa shape index (κ1) is 11.7. The van der Waals surface area contributed by atoms with Crippen LogP contribution < -0.4 is 11.1 Å². The van der Waals surface area contributed by atoms with Gasteiger partial charge in [-0.15, -0.1) is 0 Å². The van der Waals surface area contributed by atoms with E-state index in [1.807, 2.05) is 31.2 Å². The molecular formula is C15H20N2O. The smallest absolute Gasteiger partial charge is 0.227 e. The molecule has 0 radical (unpaired) electrons. The van der Waals surface area contributed by atoms with Crippen LogP contribution in [0.2, 0.25) is 0 Å². The van der Waals surface area contributed by atoms with Crippen molar-refractivity contribution < 1.29 is 4.79 Å². The Balaban J connectivity index is 1.64. The van der Waals surface area contributed by atoms with Crippen molar-refractivity contribution in [1.29, 1.82) is 0 Å². The Bertz CT molecular complexity index is 459. The van der Waals surface area contributed by atoms with Gasteiger partial charge in [-0.3, -0.25) is 4.79 Å². The number of hydrogen-bond donors (Lipinski definition) is 2. The summed E-state index contributed by atoms with van der Waals surface area (Å²) >= 11 is 0. The first-order valence-electron chi connectivity index (χ1n) is 6.80. The van der Waals surface area contributed by atoms with Gasteiger partial charge in [0.25, 0.3) is 0 Å². The highest BCUT2D eigenvalue weighted by Crippen LogP contribution is 2.54. The number of amides is 1. The topological polar surface area (TPSA) is 55.1 Å². The van der Waals surface area contributed by atoms with Crippen LogP contribution in [0.25, 0.3) is 0 Å². The molecule has 1 amide bonds. The Morgan fingerprint density at radius 1 is 1.33 bits per heavy atom. The van der Waals surface area contributed by atoms with Crippen LogP contribution in [0.4, 0.5) is 5.69 Å². The molecular weight excluding hydrogens is 224 g/mol. The average molecular weight is 244 g/mol. The summed E-state index contributed by atoms with van der Waals surface area (Å²) in [5.74, 6) is 2.10. The molecule has 3 unspecified atom stereocenters. The number of carbonyl (C=O) groups excluding carboxylic acids is 1. The van der Waals surface area contributed by atoms with Gasteiger partial charge >= 0.3 is 0 Å². The molecule has 1 aromatic rings. The van der Waals surface area contributed by atoms with Crippen molar-refractivity contribution in [2.45, 2.75) is 32.2 Å². The highest BCUT2D eigenvalue weighted by Gasteiger charge is 2.47. The zero-order valence-electron chi connectivity index (χ0n) is 10.7. The zero-order chi connectivity index (χ0) is 12.7. The molecule has 0 aliphatic heterocycles. The second-order valence-electron chi connectivity index (χ2n) is 5.83. The lowest BCUT2D eigenvalue weighted by molar-refractivity contribution is -0.120. The molecule has 3 heteroatoms. The third kappa shape index (κ3) is 2.27. The summed E-state index contributed by atoms with van der Waals surface area (Å²) in [5, 5.41) is 3.03. The van der Waals surface area contributed by atoms with Crippen LogP contribution in [0.15, 0.2) is 24.3 Å². The van der Waals surface area contributed by atoms with Crippen LogP contribution >= 0.6 is 0 Å². The van der Waals surface area contributed by atoms with Crippen molar-refractivity contribution in [2.75, 3.05) is 5.32 Å². The van der Waals surface area contributed by atoms with Gasteiger partial charge in [0.2, 0.25) is 5.91 Å². The van der Waals surface area contributed by atoms with Gasteiger partial charge in [0.1, 0.15) is 0 Å². The Morgan fingerprint density at radius 3 is 2.72 bits per heavy atom. The fourth-order valence-corrected chi connectivity index (χ4v) is 3.07. The van der Waals surface area contributed by atoms with Crippen LogP contribution in [-0.2, 0) is 4.79 Å². The van der Waals surface area contributed by atoms with E-state index in [1.54, 1.807) is 0 Å². The van der Waals surface area contributed by atoms with Gasteiger partial charge in [0.05, 0.1) is 0 Å². The molecule has 0 aromatic heterocycles. The first-order valence-corrected chi connectivity index (χ1v) is 6.80. The quantitative estimate of drug-likeness (QED) is 0.859. The molecule has 3 nitrogen and oxygen atoms in total. The fraction of sp³-hybridized carbons (Fsp3) is 0.533. The molecule has 1 aromatic carbocycles. The van der Waals surface area contributed by atoms with Gasteiger partial charge in [0, 0.05) is 17.6 Å².